The van der Waals surface area contributed by atoms with Gasteiger partial charge in [0, 0.05) is 0 Å². The summed E-state index contributed by atoms with van der Waals surface area (Å²) in [5.74, 6) is 0.290. The van der Waals surface area contributed by atoms with Crippen molar-refractivity contribution in [1.82, 2.24) is 4.90 Å². The summed E-state index contributed by atoms with van der Waals surface area (Å²) in [6, 6.07) is 18.0. The van der Waals surface area contributed by atoms with Gasteiger partial charge in [0.2, 0.25) is 5.76 Å². The second kappa shape index (κ2) is 10.3. The van der Waals surface area contributed by atoms with E-state index >= 15 is 0 Å². The fourth-order valence-electron chi connectivity index (χ4n) is 3.25. The quantitative estimate of drug-likeness (QED) is 0.333. The van der Waals surface area contributed by atoms with Gasteiger partial charge in [0.15, 0.2) is 11.5 Å². The zero-order valence-electron chi connectivity index (χ0n) is 18.5. The Balaban J connectivity index is 1.46. The Hall–Kier alpha value is -3.98. The van der Waals surface area contributed by atoms with Crippen LogP contribution in [0.15, 0.2) is 70.0 Å². The number of ether oxygens (including phenoxy) is 3. The smallest absolute Gasteiger partial charge is 0.373 e. The number of imide groups is 1. The molecule has 0 bridgehead atoms. The summed E-state index contributed by atoms with van der Waals surface area (Å²) in [7, 11) is 2.77. The Labute approximate surface area is 200 Å². The molecule has 0 spiro atoms. The third-order valence-corrected chi connectivity index (χ3v) is 5.87. The summed E-state index contributed by atoms with van der Waals surface area (Å²) >= 11 is 0.832. The van der Waals surface area contributed by atoms with Gasteiger partial charge in [-0.15, -0.1) is 0 Å². The highest BCUT2D eigenvalue weighted by Crippen LogP contribution is 2.35. The van der Waals surface area contributed by atoms with Crippen molar-refractivity contribution in [3.8, 4) is 11.5 Å². The maximum absolute atomic E-state index is 12.8. The van der Waals surface area contributed by atoms with Crippen molar-refractivity contribution in [2.45, 2.75) is 13.2 Å². The number of amides is 2. The highest BCUT2D eigenvalue weighted by atomic mass is 32.2. The molecular formula is C25H21NO7S. The second-order valence-corrected chi connectivity index (χ2v) is 8.20. The van der Waals surface area contributed by atoms with E-state index in [-0.39, 0.29) is 17.2 Å². The van der Waals surface area contributed by atoms with Gasteiger partial charge in [-0.2, -0.15) is 0 Å². The lowest BCUT2D eigenvalue weighted by Gasteiger charge is -2.12. The van der Waals surface area contributed by atoms with Gasteiger partial charge in [0.25, 0.3) is 11.1 Å². The van der Waals surface area contributed by atoms with Crippen LogP contribution in [0.25, 0.3) is 6.08 Å². The molecule has 8 nitrogen and oxygen atoms in total. The van der Waals surface area contributed by atoms with Crippen molar-refractivity contribution < 1.29 is 33.0 Å². The first-order chi connectivity index (χ1) is 16.5. The van der Waals surface area contributed by atoms with Gasteiger partial charge in [-0.25, -0.2) is 4.79 Å². The largest absolute Gasteiger partial charge is 0.493 e. The molecule has 1 aliphatic rings. The number of hydrogen-bond donors (Lipinski definition) is 0. The topological polar surface area (TPSA) is 95.3 Å². The summed E-state index contributed by atoms with van der Waals surface area (Å²) in [5.41, 5.74) is 1.71. The molecular weight excluding hydrogens is 458 g/mol. The maximum atomic E-state index is 12.8. The van der Waals surface area contributed by atoms with Gasteiger partial charge in [-0.3, -0.25) is 14.5 Å². The molecule has 1 saturated heterocycles. The standard InChI is InChI=1S/C25H21NO7S/c1-30-21-12-17(8-10-19(21)32-15-16-6-4-3-5-7-16)13-22-23(27)26(25(29)34-22)14-18-9-11-20(33-18)24(28)31-2/h3-13H,14-15H2,1-2H3. The molecule has 1 fully saturated rings. The van der Waals surface area contributed by atoms with Crippen LogP contribution < -0.4 is 9.47 Å². The molecule has 0 radical (unpaired) electrons. The highest BCUT2D eigenvalue weighted by Gasteiger charge is 2.35. The first kappa shape index (κ1) is 23.2. The van der Waals surface area contributed by atoms with Gasteiger partial charge in [-0.05, 0) is 53.2 Å². The average molecular weight is 480 g/mol. The molecule has 174 valence electrons. The van der Waals surface area contributed by atoms with Crippen LogP contribution in [-0.4, -0.2) is 36.2 Å². The van der Waals surface area contributed by atoms with E-state index in [4.69, 9.17) is 13.9 Å². The summed E-state index contributed by atoms with van der Waals surface area (Å²) in [6.45, 7) is 0.300. The number of nitrogens with zero attached hydrogens (tertiary/aromatic N) is 1. The molecule has 2 aromatic carbocycles. The Bertz CT molecular complexity index is 1250. The molecule has 3 aromatic rings. The number of carbonyl (C=O) groups excluding carboxylic acids is 3. The number of thioether (sulfide) groups is 1. The number of rotatable bonds is 8. The molecule has 2 amide bonds. The SMILES string of the molecule is COC(=O)c1ccc(CN2C(=O)SC(=Cc3ccc(OCc4ccccc4)c(OC)c3)C2=O)o1. The molecule has 34 heavy (non-hydrogen) atoms. The van der Waals surface area contributed by atoms with E-state index in [0.717, 1.165) is 22.2 Å². The molecule has 4 rings (SSSR count). The highest BCUT2D eigenvalue weighted by molar-refractivity contribution is 8.18. The molecule has 0 aliphatic carbocycles. The minimum Gasteiger partial charge on any atom is -0.493 e. The van der Waals surface area contributed by atoms with Crippen molar-refractivity contribution in [2.24, 2.45) is 0 Å². The van der Waals surface area contributed by atoms with E-state index in [1.807, 2.05) is 30.3 Å². The second-order valence-electron chi connectivity index (χ2n) is 7.21. The number of benzene rings is 2. The summed E-state index contributed by atoms with van der Waals surface area (Å²) in [6.07, 6.45) is 1.62. The molecule has 0 N–H and O–H groups in total. The van der Waals surface area contributed by atoms with E-state index in [1.54, 1.807) is 24.3 Å². The fraction of sp³-hybridized carbons (Fsp3) is 0.160. The van der Waals surface area contributed by atoms with Gasteiger partial charge < -0.3 is 18.6 Å². The van der Waals surface area contributed by atoms with Crippen molar-refractivity contribution >= 4 is 35.0 Å². The predicted molar refractivity (Wildman–Crippen MR) is 125 cm³/mol. The van der Waals surface area contributed by atoms with Crippen molar-refractivity contribution in [1.29, 1.82) is 0 Å². The average Bonchev–Trinajstić information content (AvgIpc) is 3.43. The fourth-order valence-corrected chi connectivity index (χ4v) is 4.08. The summed E-state index contributed by atoms with van der Waals surface area (Å²) in [5, 5.41) is -0.429. The lowest BCUT2D eigenvalue weighted by atomic mass is 10.1. The lowest BCUT2D eigenvalue weighted by Crippen LogP contribution is -2.27. The minimum atomic E-state index is -0.634. The van der Waals surface area contributed by atoms with Crippen LogP contribution in [0, 0.1) is 0 Å². The Kier molecular flexibility index (Phi) is 7.03. The number of hydrogen-bond acceptors (Lipinski definition) is 8. The summed E-state index contributed by atoms with van der Waals surface area (Å²) < 4.78 is 21.3. The van der Waals surface area contributed by atoms with Gasteiger partial charge in [-0.1, -0.05) is 36.4 Å². The normalized spacial score (nSPS) is 14.5. The molecule has 0 unspecified atom stereocenters. The van der Waals surface area contributed by atoms with Crippen LogP contribution in [0.2, 0.25) is 0 Å². The zero-order valence-corrected chi connectivity index (χ0v) is 19.3. The molecule has 0 atom stereocenters. The lowest BCUT2D eigenvalue weighted by molar-refractivity contribution is -0.123. The van der Waals surface area contributed by atoms with E-state index in [1.165, 1.54) is 26.4 Å². The van der Waals surface area contributed by atoms with Crippen molar-refractivity contribution in [3.63, 3.8) is 0 Å². The first-order valence-electron chi connectivity index (χ1n) is 10.3. The van der Waals surface area contributed by atoms with E-state index in [2.05, 4.69) is 4.74 Å². The molecule has 1 aliphatic heterocycles. The molecule has 1 aromatic heterocycles. The van der Waals surface area contributed by atoms with Gasteiger partial charge in [0.05, 0.1) is 25.7 Å². The third kappa shape index (κ3) is 5.15. The van der Waals surface area contributed by atoms with Crippen molar-refractivity contribution in [3.05, 3.63) is 88.2 Å². The number of carbonyl (C=O) groups is 3. The third-order valence-electron chi connectivity index (χ3n) is 4.96. The van der Waals surface area contributed by atoms with Crippen molar-refractivity contribution in [2.75, 3.05) is 14.2 Å². The Morgan fingerprint density at radius 2 is 1.82 bits per heavy atom. The molecule has 9 heteroatoms. The van der Waals surface area contributed by atoms with Crippen LogP contribution in [0.3, 0.4) is 0 Å². The van der Waals surface area contributed by atoms with Crippen LogP contribution in [-0.2, 0) is 22.7 Å². The summed E-state index contributed by atoms with van der Waals surface area (Å²) in [4.78, 5) is 38.1. The number of esters is 1. The first-order valence-corrected chi connectivity index (χ1v) is 11.1. The number of methoxy groups -OCH3 is 2. The van der Waals surface area contributed by atoms with Crippen LogP contribution in [0.5, 0.6) is 11.5 Å². The van der Waals surface area contributed by atoms with Crippen LogP contribution >= 0.6 is 11.8 Å². The Morgan fingerprint density at radius 1 is 1.03 bits per heavy atom. The Morgan fingerprint density at radius 3 is 2.56 bits per heavy atom. The monoisotopic (exact) mass is 479 g/mol. The minimum absolute atomic E-state index is 0.00156. The molecule has 0 saturated carbocycles. The van der Waals surface area contributed by atoms with E-state index in [9.17, 15) is 14.4 Å². The van der Waals surface area contributed by atoms with Gasteiger partial charge in [0.1, 0.15) is 12.4 Å². The number of furan rings is 1. The zero-order chi connectivity index (χ0) is 24.1. The maximum Gasteiger partial charge on any atom is 0.373 e. The van der Waals surface area contributed by atoms with Gasteiger partial charge >= 0.3 is 5.97 Å². The van der Waals surface area contributed by atoms with Crippen LogP contribution in [0.1, 0.15) is 27.4 Å². The van der Waals surface area contributed by atoms with Crippen LogP contribution in [0.4, 0.5) is 4.79 Å². The van der Waals surface area contributed by atoms with E-state index in [0.29, 0.717) is 29.4 Å². The molecule has 2 heterocycles. The van der Waals surface area contributed by atoms with E-state index < -0.39 is 17.1 Å². The predicted octanol–water partition coefficient (Wildman–Crippen LogP) is 4.89.